The summed E-state index contributed by atoms with van der Waals surface area (Å²) >= 11 is 12.1. The van der Waals surface area contributed by atoms with Gasteiger partial charge in [0.25, 0.3) is 0 Å². The number of nitrogens with zero attached hydrogens (tertiary/aromatic N) is 2. The van der Waals surface area contributed by atoms with E-state index in [0.29, 0.717) is 11.3 Å². The molecule has 0 N–H and O–H groups in total. The normalized spacial score (nSPS) is 17.3. The van der Waals surface area contributed by atoms with Crippen molar-refractivity contribution in [2.45, 2.75) is 38.6 Å². The molecule has 96 valence electrons. The van der Waals surface area contributed by atoms with Crippen molar-refractivity contribution < 1.29 is 0 Å². The average molecular weight is 283 g/mol. The van der Waals surface area contributed by atoms with Crippen molar-refractivity contribution >= 4 is 34.2 Å². The molecule has 1 aliphatic rings. The first-order valence-corrected chi connectivity index (χ1v) is 7.29. The van der Waals surface area contributed by atoms with Gasteiger partial charge in [0.2, 0.25) is 0 Å². The monoisotopic (exact) mass is 282 g/mol. The number of halogens is 2. The maximum absolute atomic E-state index is 6.09. The summed E-state index contributed by atoms with van der Waals surface area (Å²) in [6.07, 6.45) is 3.84. The third-order valence-electron chi connectivity index (χ3n) is 4.11. The van der Waals surface area contributed by atoms with Crippen LogP contribution in [-0.4, -0.2) is 9.55 Å². The minimum Gasteiger partial charge on any atom is -0.326 e. The van der Waals surface area contributed by atoms with Gasteiger partial charge in [-0.3, -0.25) is 0 Å². The van der Waals surface area contributed by atoms with Crippen LogP contribution in [0.1, 0.15) is 32.0 Å². The second kappa shape index (κ2) is 4.43. The molecular formula is C14H16Cl2N2. The summed E-state index contributed by atoms with van der Waals surface area (Å²) in [4.78, 5) is 4.59. The molecule has 1 aliphatic carbocycles. The molecule has 0 unspecified atom stereocenters. The van der Waals surface area contributed by atoms with Crippen LogP contribution in [0.4, 0.5) is 0 Å². The standard InChI is InChI=1S/C14H16Cl2N2/c1-2-14(5-6-14)9-18-12-7-10(16)3-4-11(12)17-13(18)8-15/h3-4,7H,2,5-6,8-9H2,1H3. The van der Waals surface area contributed by atoms with E-state index in [4.69, 9.17) is 23.2 Å². The van der Waals surface area contributed by atoms with E-state index in [-0.39, 0.29) is 0 Å². The Kier molecular flexibility index (Phi) is 3.03. The van der Waals surface area contributed by atoms with Crippen LogP contribution in [-0.2, 0) is 12.4 Å². The van der Waals surface area contributed by atoms with Gasteiger partial charge in [-0.15, -0.1) is 11.6 Å². The molecule has 2 nitrogen and oxygen atoms in total. The number of aromatic nitrogens is 2. The predicted octanol–water partition coefficient (Wildman–Crippen LogP) is 4.62. The minimum absolute atomic E-state index is 0.450. The van der Waals surface area contributed by atoms with E-state index in [1.54, 1.807) is 0 Å². The Morgan fingerprint density at radius 1 is 1.39 bits per heavy atom. The van der Waals surface area contributed by atoms with E-state index in [1.165, 1.54) is 19.3 Å². The molecule has 1 aromatic heterocycles. The molecule has 18 heavy (non-hydrogen) atoms. The smallest absolute Gasteiger partial charge is 0.124 e. The molecule has 1 aromatic carbocycles. The van der Waals surface area contributed by atoms with E-state index in [0.717, 1.165) is 28.4 Å². The molecule has 1 saturated carbocycles. The Morgan fingerprint density at radius 3 is 2.78 bits per heavy atom. The summed E-state index contributed by atoms with van der Waals surface area (Å²) in [7, 11) is 0. The lowest BCUT2D eigenvalue weighted by molar-refractivity contribution is 0.410. The number of fused-ring (bicyclic) bond motifs is 1. The first kappa shape index (κ1) is 12.3. The van der Waals surface area contributed by atoms with E-state index in [2.05, 4.69) is 16.5 Å². The topological polar surface area (TPSA) is 17.8 Å². The van der Waals surface area contributed by atoms with Crippen LogP contribution < -0.4 is 0 Å². The average Bonchev–Trinajstić information content (AvgIpc) is 3.08. The minimum atomic E-state index is 0.450. The zero-order chi connectivity index (χ0) is 12.8. The van der Waals surface area contributed by atoms with E-state index in [1.807, 2.05) is 18.2 Å². The third kappa shape index (κ3) is 2.02. The Morgan fingerprint density at radius 2 is 2.17 bits per heavy atom. The van der Waals surface area contributed by atoms with Gasteiger partial charge in [0.15, 0.2) is 0 Å². The van der Waals surface area contributed by atoms with Crippen molar-refractivity contribution in [3.05, 3.63) is 29.0 Å². The van der Waals surface area contributed by atoms with Gasteiger partial charge in [0.05, 0.1) is 16.9 Å². The van der Waals surface area contributed by atoms with Gasteiger partial charge < -0.3 is 4.57 Å². The highest BCUT2D eigenvalue weighted by Gasteiger charge is 2.41. The van der Waals surface area contributed by atoms with Crippen LogP contribution in [0.15, 0.2) is 18.2 Å². The lowest BCUT2D eigenvalue weighted by Gasteiger charge is -2.16. The molecular weight excluding hydrogens is 267 g/mol. The maximum atomic E-state index is 6.09. The molecule has 0 bridgehead atoms. The summed E-state index contributed by atoms with van der Waals surface area (Å²) in [5.41, 5.74) is 2.57. The molecule has 2 aromatic rings. The van der Waals surface area contributed by atoms with Crippen molar-refractivity contribution in [2.24, 2.45) is 5.41 Å². The summed E-state index contributed by atoms with van der Waals surface area (Å²) in [5, 5.41) is 0.756. The Hall–Kier alpha value is -0.730. The quantitative estimate of drug-likeness (QED) is 0.749. The lowest BCUT2D eigenvalue weighted by Crippen LogP contribution is -2.12. The van der Waals surface area contributed by atoms with Gasteiger partial charge in [-0.25, -0.2) is 4.98 Å². The zero-order valence-electron chi connectivity index (χ0n) is 10.4. The lowest BCUT2D eigenvalue weighted by atomic mass is 10.0. The van der Waals surface area contributed by atoms with Crippen molar-refractivity contribution in [2.75, 3.05) is 0 Å². The largest absolute Gasteiger partial charge is 0.326 e. The molecule has 0 amide bonds. The fourth-order valence-corrected chi connectivity index (χ4v) is 2.93. The number of rotatable bonds is 4. The SMILES string of the molecule is CCC1(Cn2c(CCl)nc3ccc(Cl)cc32)CC1. The van der Waals surface area contributed by atoms with E-state index < -0.39 is 0 Å². The second-order valence-electron chi connectivity index (χ2n) is 5.23. The first-order valence-electron chi connectivity index (χ1n) is 6.38. The second-order valence-corrected chi connectivity index (χ2v) is 5.94. The van der Waals surface area contributed by atoms with Crippen LogP contribution in [0.2, 0.25) is 5.02 Å². The summed E-state index contributed by atoms with van der Waals surface area (Å²) < 4.78 is 2.25. The highest BCUT2D eigenvalue weighted by Crippen LogP contribution is 2.50. The molecule has 0 aliphatic heterocycles. The van der Waals surface area contributed by atoms with Gasteiger partial charge in [-0.1, -0.05) is 18.5 Å². The molecule has 3 rings (SSSR count). The van der Waals surface area contributed by atoms with Gasteiger partial charge in [0, 0.05) is 11.6 Å². The summed E-state index contributed by atoms with van der Waals surface area (Å²) in [6.45, 7) is 3.28. The van der Waals surface area contributed by atoms with Gasteiger partial charge in [-0.2, -0.15) is 0 Å². The van der Waals surface area contributed by atoms with Gasteiger partial charge >= 0.3 is 0 Å². The van der Waals surface area contributed by atoms with Crippen LogP contribution >= 0.6 is 23.2 Å². The number of hydrogen-bond donors (Lipinski definition) is 0. The third-order valence-corrected chi connectivity index (χ3v) is 4.58. The molecule has 0 spiro atoms. The maximum Gasteiger partial charge on any atom is 0.124 e. The van der Waals surface area contributed by atoms with Crippen molar-refractivity contribution in [1.82, 2.24) is 9.55 Å². The number of imidazole rings is 1. The predicted molar refractivity (Wildman–Crippen MR) is 76.3 cm³/mol. The fraction of sp³-hybridized carbons (Fsp3) is 0.500. The number of benzene rings is 1. The Balaban J connectivity index is 2.09. The van der Waals surface area contributed by atoms with Gasteiger partial charge in [0.1, 0.15) is 5.82 Å². The summed E-state index contributed by atoms with van der Waals surface area (Å²) in [5.74, 6) is 1.40. The molecule has 0 saturated heterocycles. The van der Waals surface area contributed by atoms with E-state index >= 15 is 0 Å². The van der Waals surface area contributed by atoms with Crippen LogP contribution in [0, 0.1) is 5.41 Å². The van der Waals surface area contributed by atoms with Crippen molar-refractivity contribution in [3.8, 4) is 0 Å². The molecule has 1 heterocycles. The van der Waals surface area contributed by atoms with Crippen LogP contribution in [0.25, 0.3) is 11.0 Å². The van der Waals surface area contributed by atoms with Crippen LogP contribution in [0.5, 0.6) is 0 Å². The van der Waals surface area contributed by atoms with Crippen molar-refractivity contribution in [1.29, 1.82) is 0 Å². The molecule has 0 radical (unpaired) electrons. The molecule has 4 heteroatoms. The Labute approximate surface area is 117 Å². The fourth-order valence-electron chi connectivity index (χ4n) is 2.56. The highest BCUT2D eigenvalue weighted by atomic mass is 35.5. The number of alkyl halides is 1. The molecule has 1 fully saturated rings. The summed E-state index contributed by atoms with van der Waals surface area (Å²) in [6, 6.07) is 5.84. The highest BCUT2D eigenvalue weighted by molar-refractivity contribution is 6.31. The van der Waals surface area contributed by atoms with Crippen molar-refractivity contribution in [3.63, 3.8) is 0 Å². The van der Waals surface area contributed by atoms with Gasteiger partial charge in [-0.05, 0) is 42.9 Å². The molecule has 0 atom stereocenters. The van der Waals surface area contributed by atoms with Crippen LogP contribution in [0.3, 0.4) is 0 Å². The first-order chi connectivity index (χ1) is 8.67. The van der Waals surface area contributed by atoms with E-state index in [9.17, 15) is 0 Å². The Bertz CT molecular complexity index is 585. The number of hydrogen-bond acceptors (Lipinski definition) is 1. The zero-order valence-corrected chi connectivity index (χ0v) is 11.9.